The molecule has 2 aromatic rings. The van der Waals surface area contributed by atoms with Crippen LogP contribution in [0, 0.1) is 0 Å². The SMILES string of the molecule is COc1c(OCCCN2CCOCC2)ccc2c1N=C(c1ncc(C(N)=O)cn1)N1CCN=C21.Cl.Cl. The number of aromatic nitrogens is 2. The van der Waals surface area contributed by atoms with E-state index in [9.17, 15) is 4.79 Å². The standard InChI is InChI=1S/C23H27N7O4.2ClH/c1-32-19-17(34-10-2-6-29-8-11-33-12-9-29)4-3-16-18(19)28-23(30-7-5-25-22(16)30)21-26-13-15(14-27-21)20(24)31;;/h3-4,13-14H,2,5-12H2,1H3,(H2,24,31);2*1H. The molecule has 3 aliphatic heterocycles. The summed E-state index contributed by atoms with van der Waals surface area (Å²) < 4.78 is 17.2. The van der Waals surface area contributed by atoms with Gasteiger partial charge in [0, 0.05) is 44.1 Å². The predicted molar refractivity (Wildman–Crippen MR) is 140 cm³/mol. The van der Waals surface area contributed by atoms with Crippen LogP contribution in [-0.4, -0.2) is 97.0 Å². The molecule has 1 fully saturated rings. The van der Waals surface area contributed by atoms with Gasteiger partial charge in [-0.1, -0.05) is 0 Å². The number of hydrogen-bond donors (Lipinski definition) is 1. The molecule has 0 radical (unpaired) electrons. The van der Waals surface area contributed by atoms with Crippen molar-refractivity contribution in [1.29, 1.82) is 0 Å². The van der Waals surface area contributed by atoms with Crippen LogP contribution in [0.25, 0.3) is 0 Å². The van der Waals surface area contributed by atoms with Crippen LogP contribution in [0.15, 0.2) is 34.5 Å². The smallest absolute Gasteiger partial charge is 0.251 e. The Balaban J connectivity index is 0.00000180. The highest BCUT2D eigenvalue weighted by Crippen LogP contribution is 2.43. The minimum atomic E-state index is -0.581. The fraction of sp³-hybridized carbons (Fsp3) is 0.435. The van der Waals surface area contributed by atoms with Gasteiger partial charge in [0.1, 0.15) is 11.5 Å². The van der Waals surface area contributed by atoms with Crippen molar-refractivity contribution in [3.8, 4) is 11.5 Å². The number of halogens is 2. The first-order valence-electron chi connectivity index (χ1n) is 11.3. The molecule has 194 valence electrons. The molecule has 36 heavy (non-hydrogen) atoms. The van der Waals surface area contributed by atoms with Gasteiger partial charge in [-0.05, 0) is 18.6 Å². The summed E-state index contributed by atoms with van der Waals surface area (Å²) in [6.45, 7) is 6.32. The van der Waals surface area contributed by atoms with Crippen molar-refractivity contribution in [3.63, 3.8) is 0 Å². The lowest BCUT2D eigenvalue weighted by Crippen LogP contribution is -2.39. The summed E-state index contributed by atoms with van der Waals surface area (Å²) in [4.78, 5) is 33.9. The van der Waals surface area contributed by atoms with Crippen LogP contribution < -0.4 is 15.2 Å². The van der Waals surface area contributed by atoms with Gasteiger partial charge >= 0.3 is 0 Å². The lowest BCUT2D eigenvalue weighted by Gasteiger charge is -2.28. The van der Waals surface area contributed by atoms with Crippen molar-refractivity contribution >= 4 is 48.1 Å². The van der Waals surface area contributed by atoms with Crippen LogP contribution in [0.1, 0.15) is 28.2 Å². The molecule has 2 N–H and O–H groups in total. The van der Waals surface area contributed by atoms with Gasteiger partial charge in [0.25, 0.3) is 5.91 Å². The van der Waals surface area contributed by atoms with E-state index >= 15 is 0 Å². The van der Waals surface area contributed by atoms with Crippen molar-refractivity contribution in [3.05, 3.63) is 41.5 Å². The highest BCUT2D eigenvalue weighted by atomic mass is 35.5. The number of aliphatic imine (C=N–C) groups is 2. The Morgan fingerprint density at radius 1 is 1.11 bits per heavy atom. The van der Waals surface area contributed by atoms with Crippen LogP contribution in [0.3, 0.4) is 0 Å². The van der Waals surface area contributed by atoms with Gasteiger partial charge in [0.2, 0.25) is 0 Å². The molecule has 13 heteroatoms. The second-order valence-electron chi connectivity index (χ2n) is 8.10. The number of ether oxygens (including phenoxy) is 3. The number of rotatable bonds is 8. The monoisotopic (exact) mass is 537 g/mol. The maximum Gasteiger partial charge on any atom is 0.251 e. The molecule has 0 bridgehead atoms. The summed E-state index contributed by atoms with van der Waals surface area (Å²) in [7, 11) is 1.60. The third-order valence-electron chi connectivity index (χ3n) is 5.97. The minimum absolute atomic E-state index is 0. The zero-order valence-electron chi connectivity index (χ0n) is 19.9. The van der Waals surface area contributed by atoms with Gasteiger partial charge in [0.05, 0.1) is 39.0 Å². The third kappa shape index (κ3) is 5.54. The van der Waals surface area contributed by atoms with Crippen LogP contribution in [0.4, 0.5) is 5.69 Å². The van der Waals surface area contributed by atoms with E-state index in [0.717, 1.165) is 50.7 Å². The van der Waals surface area contributed by atoms with Gasteiger partial charge in [-0.15, -0.1) is 24.8 Å². The van der Waals surface area contributed by atoms with E-state index < -0.39 is 5.91 Å². The number of carbonyl (C=O) groups is 1. The summed E-state index contributed by atoms with van der Waals surface area (Å²) in [5.74, 6) is 2.31. The number of primary amides is 1. The van der Waals surface area contributed by atoms with Crippen LogP contribution >= 0.6 is 24.8 Å². The molecule has 4 heterocycles. The molecule has 1 aromatic carbocycles. The van der Waals surface area contributed by atoms with Crippen LogP contribution in [-0.2, 0) is 4.74 Å². The fourth-order valence-electron chi connectivity index (χ4n) is 4.24. The van der Waals surface area contributed by atoms with Crippen molar-refractivity contribution in [2.75, 3.05) is 59.7 Å². The summed E-state index contributed by atoms with van der Waals surface area (Å²) in [5, 5.41) is 0. The van der Waals surface area contributed by atoms with Crippen molar-refractivity contribution < 1.29 is 19.0 Å². The lowest BCUT2D eigenvalue weighted by molar-refractivity contribution is 0.0357. The van der Waals surface area contributed by atoms with Crippen LogP contribution in [0.5, 0.6) is 11.5 Å². The molecule has 5 rings (SSSR count). The Hall–Kier alpha value is -2.99. The molecule has 0 saturated carbocycles. The largest absolute Gasteiger partial charge is 0.491 e. The molecule has 0 unspecified atom stereocenters. The maximum atomic E-state index is 11.4. The van der Waals surface area contributed by atoms with Crippen molar-refractivity contribution in [2.45, 2.75) is 6.42 Å². The summed E-state index contributed by atoms with van der Waals surface area (Å²) in [6.07, 6.45) is 3.71. The first-order valence-corrected chi connectivity index (χ1v) is 11.3. The van der Waals surface area contributed by atoms with E-state index in [1.807, 2.05) is 17.0 Å². The Kier molecular flexibility index (Phi) is 9.43. The zero-order valence-corrected chi connectivity index (χ0v) is 21.5. The average Bonchev–Trinajstić information content (AvgIpc) is 3.37. The number of amides is 1. The Labute approximate surface area is 221 Å². The fourth-order valence-corrected chi connectivity index (χ4v) is 4.24. The van der Waals surface area contributed by atoms with E-state index in [-0.39, 0.29) is 30.4 Å². The number of fused-ring (bicyclic) bond motifs is 3. The molecule has 1 amide bonds. The quantitative estimate of drug-likeness (QED) is 0.503. The molecule has 0 spiro atoms. The van der Waals surface area contributed by atoms with E-state index in [1.54, 1.807) is 7.11 Å². The Morgan fingerprint density at radius 2 is 1.86 bits per heavy atom. The number of hydrogen-bond acceptors (Lipinski definition) is 10. The molecule has 11 nitrogen and oxygen atoms in total. The summed E-state index contributed by atoms with van der Waals surface area (Å²) >= 11 is 0. The number of amidine groups is 2. The van der Waals surface area contributed by atoms with Crippen molar-refractivity contribution in [2.24, 2.45) is 15.7 Å². The second-order valence-corrected chi connectivity index (χ2v) is 8.10. The topological polar surface area (TPSA) is 128 Å². The Morgan fingerprint density at radius 3 is 2.56 bits per heavy atom. The number of morpholine rings is 1. The van der Waals surface area contributed by atoms with E-state index in [1.165, 1.54) is 12.4 Å². The average molecular weight is 538 g/mol. The first-order chi connectivity index (χ1) is 16.7. The maximum absolute atomic E-state index is 11.4. The number of benzene rings is 1. The van der Waals surface area contributed by atoms with Gasteiger partial charge in [-0.3, -0.25) is 14.7 Å². The predicted octanol–water partition coefficient (Wildman–Crippen LogP) is 1.68. The second kappa shape index (κ2) is 12.3. The van der Waals surface area contributed by atoms with E-state index in [4.69, 9.17) is 24.9 Å². The summed E-state index contributed by atoms with van der Waals surface area (Å²) in [5.41, 5.74) is 7.05. The number of nitrogens with zero attached hydrogens (tertiary/aromatic N) is 6. The number of methoxy groups -OCH3 is 1. The molecular formula is C23H29Cl2N7O4. The first kappa shape index (κ1) is 27.6. The van der Waals surface area contributed by atoms with Gasteiger partial charge in [-0.25, -0.2) is 15.0 Å². The van der Waals surface area contributed by atoms with Gasteiger partial charge in [0.15, 0.2) is 23.2 Å². The number of carbonyl (C=O) groups excluding carboxylic acids is 1. The highest BCUT2D eigenvalue weighted by Gasteiger charge is 2.34. The zero-order chi connectivity index (χ0) is 23.5. The summed E-state index contributed by atoms with van der Waals surface area (Å²) in [6, 6.07) is 3.87. The lowest BCUT2D eigenvalue weighted by atomic mass is 10.1. The molecule has 0 aliphatic carbocycles. The number of nitrogens with two attached hydrogens (primary N) is 1. The molecule has 0 atom stereocenters. The molecule has 1 saturated heterocycles. The molecule has 1 aromatic heterocycles. The Bertz CT molecular complexity index is 1140. The van der Waals surface area contributed by atoms with E-state index in [0.29, 0.717) is 48.5 Å². The third-order valence-corrected chi connectivity index (χ3v) is 5.97. The van der Waals surface area contributed by atoms with E-state index in [2.05, 4.69) is 19.9 Å². The molecule has 3 aliphatic rings. The van der Waals surface area contributed by atoms with Crippen LogP contribution in [0.2, 0.25) is 0 Å². The normalized spacial score (nSPS) is 16.5. The van der Waals surface area contributed by atoms with Gasteiger partial charge < -0.3 is 24.8 Å². The minimum Gasteiger partial charge on any atom is -0.491 e. The highest BCUT2D eigenvalue weighted by molar-refractivity contribution is 6.20. The van der Waals surface area contributed by atoms with Crippen molar-refractivity contribution in [1.82, 2.24) is 19.8 Å². The molecular weight excluding hydrogens is 509 g/mol. The van der Waals surface area contributed by atoms with Gasteiger partial charge in [-0.2, -0.15) is 0 Å².